The number of hydrogen-bond donors (Lipinski definition) is 0. The second kappa shape index (κ2) is 7.24. The summed E-state index contributed by atoms with van der Waals surface area (Å²) in [6.07, 6.45) is 3.55. The molecule has 1 aromatic carbocycles. The first-order valence-corrected chi connectivity index (χ1v) is 8.87. The van der Waals surface area contributed by atoms with E-state index < -0.39 is 11.7 Å². The van der Waals surface area contributed by atoms with Gasteiger partial charge in [-0.1, -0.05) is 24.3 Å². The Morgan fingerprint density at radius 1 is 1.04 bits per heavy atom. The Bertz CT molecular complexity index is 653. The van der Waals surface area contributed by atoms with E-state index in [1.807, 2.05) is 0 Å². The summed E-state index contributed by atoms with van der Waals surface area (Å²) < 4.78 is 38.3. The van der Waals surface area contributed by atoms with Gasteiger partial charge in [-0.05, 0) is 50.6 Å². The highest BCUT2D eigenvalue weighted by atomic mass is 19.4. The van der Waals surface area contributed by atoms with Crippen LogP contribution in [0.25, 0.3) is 0 Å². The quantitative estimate of drug-likeness (QED) is 0.753. The van der Waals surface area contributed by atoms with E-state index in [4.69, 9.17) is 0 Å². The Balaban J connectivity index is 1.75. The van der Waals surface area contributed by atoms with Crippen LogP contribution in [0.15, 0.2) is 47.8 Å². The van der Waals surface area contributed by atoms with Crippen LogP contribution in [0.4, 0.5) is 13.2 Å². The highest BCUT2D eigenvalue weighted by Crippen LogP contribution is 2.33. The van der Waals surface area contributed by atoms with Crippen LogP contribution >= 0.6 is 0 Å². The van der Waals surface area contributed by atoms with Gasteiger partial charge >= 0.3 is 6.18 Å². The first-order valence-electron chi connectivity index (χ1n) is 8.87. The lowest BCUT2D eigenvalue weighted by Gasteiger charge is -2.31. The summed E-state index contributed by atoms with van der Waals surface area (Å²) in [6.45, 7) is 5.45. The van der Waals surface area contributed by atoms with Crippen molar-refractivity contribution >= 4 is 0 Å². The molecule has 0 radical (unpaired) electrons. The number of allylic oxidation sites excluding steroid dienone is 3. The van der Waals surface area contributed by atoms with E-state index in [0.29, 0.717) is 0 Å². The third-order valence-corrected chi connectivity index (χ3v) is 5.26. The van der Waals surface area contributed by atoms with Gasteiger partial charge in [0.05, 0.1) is 5.56 Å². The van der Waals surface area contributed by atoms with Crippen LogP contribution in [0.1, 0.15) is 43.2 Å². The van der Waals surface area contributed by atoms with Crippen molar-refractivity contribution in [1.29, 1.82) is 0 Å². The van der Waals surface area contributed by atoms with Gasteiger partial charge in [0.1, 0.15) is 0 Å². The number of hydrogen-bond acceptors (Lipinski definition) is 2. The second-order valence-corrected chi connectivity index (χ2v) is 6.97. The van der Waals surface area contributed by atoms with Crippen molar-refractivity contribution in [3.8, 4) is 0 Å². The summed E-state index contributed by atoms with van der Waals surface area (Å²) in [4.78, 5) is 4.67. The molecule has 5 heteroatoms. The van der Waals surface area contributed by atoms with Gasteiger partial charge in [0.2, 0.25) is 0 Å². The maximum absolute atomic E-state index is 12.8. The number of halogens is 3. The normalized spacial score (nSPS) is 22.1. The predicted molar refractivity (Wildman–Crippen MR) is 94.1 cm³/mol. The monoisotopic (exact) mass is 350 g/mol. The van der Waals surface area contributed by atoms with Crippen molar-refractivity contribution in [3.63, 3.8) is 0 Å². The van der Waals surface area contributed by atoms with Gasteiger partial charge in [0, 0.05) is 37.3 Å². The summed E-state index contributed by atoms with van der Waals surface area (Å²) in [6, 6.07) is 5.54. The molecule has 2 nitrogen and oxygen atoms in total. The molecular formula is C20H25F3N2. The van der Waals surface area contributed by atoms with E-state index in [1.54, 1.807) is 12.1 Å². The first-order chi connectivity index (χ1) is 11.8. The molecule has 0 aromatic heterocycles. The summed E-state index contributed by atoms with van der Waals surface area (Å²) >= 11 is 0. The fourth-order valence-corrected chi connectivity index (χ4v) is 3.58. The molecule has 0 spiro atoms. The zero-order chi connectivity index (χ0) is 18.0. The summed E-state index contributed by atoms with van der Waals surface area (Å²) in [5, 5.41) is 0. The Hall–Kier alpha value is -1.75. The molecule has 25 heavy (non-hydrogen) atoms. The molecule has 3 rings (SSSR count). The molecule has 0 bridgehead atoms. The molecule has 2 aliphatic rings. The van der Waals surface area contributed by atoms with Crippen molar-refractivity contribution in [3.05, 3.63) is 58.9 Å². The molecular weight excluding hydrogens is 325 g/mol. The number of nitrogens with zero attached hydrogens (tertiary/aromatic N) is 2. The number of rotatable bonds is 4. The van der Waals surface area contributed by atoms with E-state index in [1.165, 1.54) is 43.8 Å². The van der Waals surface area contributed by atoms with Gasteiger partial charge in [-0.2, -0.15) is 13.2 Å². The molecule has 0 N–H and O–H groups in total. The lowest BCUT2D eigenvalue weighted by molar-refractivity contribution is -0.137. The highest BCUT2D eigenvalue weighted by Gasteiger charge is 2.30. The predicted octanol–water partition coefficient (Wildman–Crippen LogP) is 5.01. The van der Waals surface area contributed by atoms with Gasteiger partial charge < -0.3 is 9.80 Å². The minimum atomic E-state index is -4.28. The Morgan fingerprint density at radius 2 is 1.68 bits per heavy atom. The smallest absolute Gasteiger partial charge is 0.352 e. The standard InChI is InChI=1S/C20H25F3N2/c1-15-13-17(16-5-7-18(8-6-16)20(21,22)23)14-19(24(15)2)9-12-25-10-3-4-11-25/h5-8,13-14,17H,3-4,9-12H2,1-2H3. The fourth-order valence-electron chi connectivity index (χ4n) is 3.58. The van der Waals surface area contributed by atoms with Gasteiger partial charge in [-0.25, -0.2) is 0 Å². The molecule has 1 atom stereocenters. The minimum Gasteiger partial charge on any atom is -0.352 e. The molecule has 2 heterocycles. The third-order valence-electron chi connectivity index (χ3n) is 5.26. The van der Waals surface area contributed by atoms with Gasteiger partial charge in [-0.3, -0.25) is 0 Å². The van der Waals surface area contributed by atoms with Gasteiger partial charge in [0.15, 0.2) is 0 Å². The molecule has 1 unspecified atom stereocenters. The first kappa shape index (κ1) is 18.1. The van der Waals surface area contributed by atoms with Crippen LogP contribution < -0.4 is 0 Å². The average Bonchev–Trinajstić information content (AvgIpc) is 3.09. The maximum atomic E-state index is 12.8. The maximum Gasteiger partial charge on any atom is 0.416 e. The average molecular weight is 350 g/mol. The molecule has 0 saturated carbocycles. The van der Waals surface area contributed by atoms with Crippen LogP contribution in [-0.2, 0) is 6.18 Å². The number of likely N-dealkylation sites (tertiary alicyclic amines) is 1. The lowest BCUT2D eigenvalue weighted by atomic mass is 9.92. The van der Waals surface area contributed by atoms with E-state index in [2.05, 4.69) is 35.9 Å². The van der Waals surface area contributed by atoms with Crippen molar-refractivity contribution in [2.45, 2.75) is 38.3 Å². The van der Waals surface area contributed by atoms with Crippen molar-refractivity contribution < 1.29 is 13.2 Å². The molecule has 1 aromatic rings. The topological polar surface area (TPSA) is 6.48 Å². The largest absolute Gasteiger partial charge is 0.416 e. The molecule has 0 aliphatic carbocycles. The zero-order valence-electron chi connectivity index (χ0n) is 14.8. The Morgan fingerprint density at radius 3 is 2.28 bits per heavy atom. The van der Waals surface area contributed by atoms with Crippen LogP contribution in [-0.4, -0.2) is 36.5 Å². The summed E-state index contributed by atoms with van der Waals surface area (Å²) in [5.41, 5.74) is 2.70. The number of benzene rings is 1. The van der Waals surface area contributed by atoms with Crippen LogP contribution in [0, 0.1) is 0 Å². The fraction of sp³-hybridized carbons (Fsp3) is 0.500. The van der Waals surface area contributed by atoms with E-state index >= 15 is 0 Å². The van der Waals surface area contributed by atoms with E-state index in [-0.39, 0.29) is 5.92 Å². The number of alkyl halides is 3. The van der Waals surface area contributed by atoms with Crippen LogP contribution in [0.2, 0.25) is 0 Å². The molecule has 1 fully saturated rings. The zero-order valence-corrected chi connectivity index (χ0v) is 14.8. The van der Waals surface area contributed by atoms with Crippen molar-refractivity contribution in [2.75, 3.05) is 26.7 Å². The molecule has 0 amide bonds. The van der Waals surface area contributed by atoms with E-state index in [9.17, 15) is 13.2 Å². The van der Waals surface area contributed by atoms with Crippen LogP contribution in [0.3, 0.4) is 0 Å². The van der Waals surface area contributed by atoms with Crippen molar-refractivity contribution in [1.82, 2.24) is 9.80 Å². The summed E-state index contributed by atoms with van der Waals surface area (Å²) in [5.74, 6) is 0.0343. The van der Waals surface area contributed by atoms with Gasteiger partial charge in [-0.15, -0.1) is 0 Å². The lowest BCUT2D eigenvalue weighted by Crippen LogP contribution is -2.26. The SMILES string of the molecule is CC1=CC(c2ccc(C(F)(F)F)cc2)C=C(CCN2CCCC2)N1C. The Labute approximate surface area is 147 Å². The third kappa shape index (κ3) is 4.27. The Kier molecular flexibility index (Phi) is 5.23. The minimum absolute atomic E-state index is 0.0343. The molecule has 2 aliphatic heterocycles. The van der Waals surface area contributed by atoms with Gasteiger partial charge in [0.25, 0.3) is 0 Å². The van der Waals surface area contributed by atoms with Crippen LogP contribution in [0.5, 0.6) is 0 Å². The summed E-state index contributed by atoms with van der Waals surface area (Å²) in [7, 11) is 2.06. The highest BCUT2D eigenvalue weighted by molar-refractivity contribution is 5.37. The van der Waals surface area contributed by atoms with E-state index in [0.717, 1.165) is 24.2 Å². The second-order valence-electron chi connectivity index (χ2n) is 6.97. The van der Waals surface area contributed by atoms with Crippen molar-refractivity contribution in [2.24, 2.45) is 0 Å². The molecule has 136 valence electrons. The molecule has 1 saturated heterocycles.